The van der Waals surface area contributed by atoms with Gasteiger partial charge >= 0.3 is 6.03 Å². The normalized spacial score (nSPS) is 18.4. The van der Waals surface area contributed by atoms with Crippen molar-refractivity contribution < 1.29 is 33.4 Å². The van der Waals surface area contributed by atoms with Crippen LogP contribution in [0, 0.1) is 0 Å². The van der Waals surface area contributed by atoms with Crippen LogP contribution in [0.5, 0.6) is 0 Å². The Balaban J connectivity index is 0.882. The monoisotopic (exact) mass is 654 g/mol. The Labute approximate surface area is 275 Å². The van der Waals surface area contributed by atoms with Gasteiger partial charge in [-0.05, 0) is 37.8 Å². The molecule has 0 aliphatic carbocycles. The van der Waals surface area contributed by atoms with E-state index < -0.39 is 0 Å². The first kappa shape index (κ1) is 35.4. The molecule has 0 radical (unpaired) electrons. The van der Waals surface area contributed by atoms with Gasteiger partial charge in [-0.2, -0.15) is 11.8 Å². The van der Waals surface area contributed by atoms with Gasteiger partial charge in [0.1, 0.15) is 0 Å². The molecule has 3 atom stereocenters. The molecule has 2 fully saturated rings. The lowest BCUT2D eigenvalue weighted by Crippen LogP contribution is -2.36. The highest BCUT2D eigenvalue weighted by Crippen LogP contribution is 2.33. The zero-order chi connectivity index (χ0) is 32.4. The van der Waals surface area contributed by atoms with Crippen LogP contribution in [0.25, 0.3) is 0 Å². The van der Waals surface area contributed by atoms with E-state index in [2.05, 4.69) is 21.3 Å². The molecule has 0 bridgehead atoms. The molecule has 46 heavy (non-hydrogen) atoms. The third-order valence-corrected chi connectivity index (χ3v) is 9.32. The van der Waals surface area contributed by atoms with Gasteiger partial charge < -0.3 is 35.5 Å². The summed E-state index contributed by atoms with van der Waals surface area (Å²) in [4.78, 5) is 48.4. The molecule has 12 heteroatoms. The van der Waals surface area contributed by atoms with Crippen LogP contribution >= 0.6 is 11.8 Å². The third-order valence-electron chi connectivity index (χ3n) is 7.81. The average molecular weight is 655 g/mol. The van der Waals surface area contributed by atoms with Crippen LogP contribution < -0.4 is 21.3 Å². The molecular weight excluding hydrogens is 608 g/mol. The number of carbonyl (C=O) groups excluding carboxylic acids is 4. The number of nitrogens with one attached hydrogen (secondary N) is 4. The minimum absolute atomic E-state index is 0.0606. The van der Waals surface area contributed by atoms with E-state index in [0.717, 1.165) is 31.4 Å². The van der Waals surface area contributed by atoms with Crippen molar-refractivity contribution in [3.8, 4) is 0 Å². The van der Waals surface area contributed by atoms with Crippen LogP contribution in [0.1, 0.15) is 64.8 Å². The Morgan fingerprint density at radius 2 is 1.33 bits per heavy atom. The van der Waals surface area contributed by atoms with Gasteiger partial charge in [0.2, 0.25) is 5.91 Å². The molecule has 2 saturated heterocycles. The number of benzene rings is 2. The predicted octanol–water partition coefficient (Wildman–Crippen LogP) is 3.32. The molecule has 0 spiro atoms. The summed E-state index contributed by atoms with van der Waals surface area (Å²) in [5.41, 5.74) is 1.66. The lowest BCUT2D eigenvalue weighted by atomic mass is 10.0. The van der Waals surface area contributed by atoms with Crippen molar-refractivity contribution in [2.24, 2.45) is 0 Å². The zero-order valence-electron chi connectivity index (χ0n) is 26.3. The molecule has 4 rings (SSSR count). The lowest BCUT2D eigenvalue weighted by Gasteiger charge is -2.16. The summed E-state index contributed by atoms with van der Waals surface area (Å²) in [5, 5.41) is 12.2. The number of hydrogen-bond acceptors (Lipinski definition) is 8. The Bertz CT molecular complexity index is 1250. The van der Waals surface area contributed by atoms with E-state index in [1.54, 1.807) is 36.4 Å². The van der Waals surface area contributed by atoms with Gasteiger partial charge in [-0.25, -0.2) is 4.79 Å². The first-order valence-corrected chi connectivity index (χ1v) is 17.2. The molecule has 0 unspecified atom stereocenters. The summed E-state index contributed by atoms with van der Waals surface area (Å²) >= 11 is 1.90. The number of ether oxygens (including phenoxy) is 3. The topological polar surface area (TPSA) is 144 Å². The molecule has 2 aliphatic heterocycles. The highest BCUT2D eigenvalue weighted by Gasteiger charge is 2.42. The van der Waals surface area contributed by atoms with E-state index in [1.165, 1.54) is 0 Å². The maximum Gasteiger partial charge on any atom is 0.315 e. The van der Waals surface area contributed by atoms with Crippen LogP contribution in [0.2, 0.25) is 0 Å². The number of unbranched alkanes of at least 4 members (excludes halogenated alkanes) is 1. The molecule has 2 aromatic carbocycles. The van der Waals surface area contributed by atoms with Gasteiger partial charge in [-0.1, -0.05) is 48.9 Å². The smallest absolute Gasteiger partial charge is 0.315 e. The second-order valence-electron chi connectivity index (χ2n) is 11.3. The fourth-order valence-corrected chi connectivity index (χ4v) is 6.86. The largest absolute Gasteiger partial charge is 0.379 e. The van der Waals surface area contributed by atoms with E-state index in [0.29, 0.717) is 87.5 Å². The number of carbonyl (C=O) groups is 4. The fourth-order valence-electron chi connectivity index (χ4n) is 5.31. The minimum atomic E-state index is -0.187. The standard InChI is InChI=1S/C34H46N4O7S/c39-30(11-5-4-10-29-31-28(24-46-29)37-34(42)38-31)35-16-6-18-43-20-22-45-23-21-44-19-7-17-36-33(41)27-14-12-26(13-15-27)32(40)25-8-2-1-3-9-25/h1-3,8-9,12-15,28-29,31H,4-7,10-11,16-24H2,(H,35,39)(H,36,41)(H2,37,38,42)/t28-,29-,31+/m0/s1. The summed E-state index contributed by atoms with van der Waals surface area (Å²) in [6, 6.07) is 16.1. The summed E-state index contributed by atoms with van der Waals surface area (Å²) in [7, 11) is 0. The van der Waals surface area contributed by atoms with E-state index in [4.69, 9.17) is 14.2 Å². The van der Waals surface area contributed by atoms with Gasteiger partial charge in [-0.15, -0.1) is 0 Å². The SMILES string of the molecule is O=C(CCCC[C@@H]1SC[C@@H]2NC(=O)N[C@H]21)NCCCOCCOCCOCCCNC(=O)c1ccc(C(=O)c2ccccc2)cc1. The Hall–Kier alpha value is -3.45. The Morgan fingerprint density at radius 1 is 0.717 bits per heavy atom. The molecule has 0 saturated carbocycles. The number of amides is 4. The number of rotatable bonds is 22. The third kappa shape index (κ3) is 12.1. The Kier molecular flexibility index (Phi) is 15.3. The second kappa shape index (κ2) is 19.9. The molecular formula is C34H46N4O7S. The number of fused-ring (bicyclic) bond motifs is 1. The first-order chi connectivity index (χ1) is 22.5. The van der Waals surface area contributed by atoms with E-state index in [9.17, 15) is 19.2 Å². The number of urea groups is 1. The second-order valence-corrected chi connectivity index (χ2v) is 12.6. The Morgan fingerprint density at radius 3 is 2.02 bits per heavy atom. The highest BCUT2D eigenvalue weighted by molar-refractivity contribution is 8.00. The number of thioether (sulfide) groups is 1. The van der Waals surface area contributed by atoms with Crippen LogP contribution in [0.3, 0.4) is 0 Å². The molecule has 2 aromatic rings. The maximum atomic E-state index is 12.5. The van der Waals surface area contributed by atoms with Crippen molar-refractivity contribution >= 4 is 35.4 Å². The summed E-state index contributed by atoms with van der Waals surface area (Å²) in [6.45, 7) is 4.03. The molecule has 4 amide bonds. The summed E-state index contributed by atoms with van der Waals surface area (Å²) in [5.74, 6) is 0.770. The molecule has 0 aromatic heterocycles. The van der Waals surface area contributed by atoms with Gasteiger partial charge in [0.05, 0.1) is 38.5 Å². The first-order valence-electron chi connectivity index (χ1n) is 16.2. The van der Waals surface area contributed by atoms with Gasteiger partial charge in [-0.3, -0.25) is 14.4 Å². The van der Waals surface area contributed by atoms with Crippen LogP contribution in [0.4, 0.5) is 4.79 Å². The van der Waals surface area contributed by atoms with Gasteiger partial charge in [0.15, 0.2) is 5.78 Å². The molecule has 2 aliphatic rings. The molecule has 2 heterocycles. The van der Waals surface area contributed by atoms with Crippen molar-refractivity contribution in [3.63, 3.8) is 0 Å². The zero-order valence-corrected chi connectivity index (χ0v) is 27.1. The molecule has 250 valence electrons. The van der Waals surface area contributed by atoms with Crippen molar-refractivity contribution in [1.29, 1.82) is 0 Å². The average Bonchev–Trinajstić information content (AvgIpc) is 3.63. The quantitative estimate of drug-likeness (QED) is 0.0861. The van der Waals surface area contributed by atoms with Crippen molar-refractivity contribution in [2.75, 3.05) is 58.5 Å². The highest BCUT2D eigenvalue weighted by atomic mass is 32.2. The number of hydrogen-bond donors (Lipinski definition) is 4. The minimum Gasteiger partial charge on any atom is -0.379 e. The van der Waals surface area contributed by atoms with E-state index in [-0.39, 0.29) is 35.7 Å². The van der Waals surface area contributed by atoms with E-state index >= 15 is 0 Å². The van der Waals surface area contributed by atoms with Gasteiger partial charge in [0, 0.05) is 60.4 Å². The summed E-state index contributed by atoms with van der Waals surface area (Å²) in [6.07, 6.45) is 4.80. The molecule has 4 N–H and O–H groups in total. The number of ketones is 1. The van der Waals surface area contributed by atoms with Gasteiger partial charge in [0.25, 0.3) is 5.91 Å². The van der Waals surface area contributed by atoms with E-state index in [1.807, 2.05) is 30.0 Å². The van der Waals surface area contributed by atoms with Crippen LogP contribution in [-0.2, 0) is 19.0 Å². The fraction of sp³-hybridized carbons (Fsp3) is 0.529. The van der Waals surface area contributed by atoms with Crippen molar-refractivity contribution in [2.45, 2.75) is 55.9 Å². The van der Waals surface area contributed by atoms with Crippen molar-refractivity contribution in [1.82, 2.24) is 21.3 Å². The molecule has 11 nitrogen and oxygen atoms in total. The van der Waals surface area contributed by atoms with Crippen molar-refractivity contribution in [3.05, 3.63) is 71.3 Å². The predicted molar refractivity (Wildman–Crippen MR) is 177 cm³/mol. The lowest BCUT2D eigenvalue weighted by molar-refractivity contribution is -0.121. The van der Waals surface area contributed by atoms with Crippen LogP contribution in [0.15, 0.2) is 54.6 Å². The summed E-state index contributed by atoms with van der Waals surface area (Å²) < 4.78 is 16.6. The van der Waals surface area contributed by atoms with Crippen LogP contribution in [-0.4, -0.2) is 99.4 Å². The maximum absolute atomic E-state index is 12.5.